The number of halogens is 1. The van der Waals surface area contributed by atoms with Crippen molar-refractivity contribution in [2.24, 2.45) is 0 Å². The fourth-order valence-electron chi connectivity index (χ4n) is 2.71. The topological polar surface area (TPSA) is 88.1 Å². The highest BCUT2D eigenvalue weighted by Crippen LogP contribution is 2.38. The summed E-state index contributed by atoms with van der Waals surface area (Å²) in [7, 11) is -1.84. The van der Waals surface area contributed by atoms with E-state index < -0.39 is 8.32 Å². The van der Waals surface area contributed by atoms with Crippen molar-refractivity contribution in [2.75, 3.05) is 18.9 Å². The Morgan fingerprint density at radius 2 is 2.04 bits per heavy atom. The second kappa shape index (κ2) is 7.63. The number of fused-ring (bicyclic) bond motifs is 1. The molecule has 0 fully saturated rings. The Kier molecular flexibility index (Phi) is 5.58. The molecule has 1 aliphatic carbocycles. The number of tetrazole rings is 1. The molecule has 0 spiro atoms. The summed E-state index contributed by atoms with van der Waals surface area (Å²) in [5.41, 5.74) is 8.07. The van der Waals surface area contributed by atoms with Crippen LogP contribution < -0.4 is 10.5 Å². The molecule has 9 heteroatoms. The van der Waals surface area contributed by atoms with Crippen molar-refractivity contribution in [1.82, 2.24) is 20.2 Å². The highest BCUT2D eigenvalue weighted by molar-refractivity contribution is 6.74. The molecule has 7 nitrogen and oxygen atoms in total. The molecular formula is C19H28FN5O2Si. The summed E-state index contributed by atoms with van der Waals surface area (Å²) >= 11 is 0. The van der Waals surface area contributed by atoms with E-state index in [1.165, 1.54) is 10.9 Å². The van der Waals surface area contributed by atoms with Crippen molar-refractivity contribution in [1.29, 1.82) is 0 Å². The number of nitrogens with zero attached hydrogens (tertiary/aromatic N) is 4. The largest absolute Gasteiger partial charge is 0.491 e. The fraction of sp³-hybridized carbons (Fsp3) is 0.526. The highest BCUT2D eigenvalue weighted by atomic mass is 28.4. The van der Waals surface area contributed by atoms with Crippen LogP contribution in [0.15, 0.2) is 17.7 Å². The number of hydrogen-bond acceptors (Lipinski definition) is 6. The number of anilines is 1. The van der Waals surface area contributed by atoms with Crippen LogP contribution in [0.3, 0.4) is 0 Å². The molecule has 152 valence electrons. The Bertz CT molecular complexity index is 889. The molecule has 0 saturated carbocycles. The van der Waals surface area contributed by atoms with Crippen molar-refractivity contribution < 1.29 is 13.6 Å². The van der Waals surface area contributed by atoms with Crippen LogP contribution in [0.1, 0.15) is 31.9 Å². The Hall–Kier alpha value is -2.26. The number of nitrogen functional groups attached to an aromatic ring is 1. The number of nitrogens with two attached hydrogens (primary N) is 1. The Morgan fingerprint density at radius 1 is 1.29 bits per heavy atom. The monoisotopic (exact) mass is 405 g/mol. The third-order valence-electron chi connectivity index (χ3n) is 5.42. The molecule has 0 saturated heterocycles. The summed E-state index contributed by atoms with van der Waals surface area (Å²) in [6, 6.07) is 3.29. The molecule has 0 unspecified atom stereocenters. The maximum Gasteiger partial charge on any atom is 0.260 e. The molecule has 0 amide bonds. The number of hydrogen-bond donors (Lipinski definition) is 1. The number of aromatic nitrogens is 4. The lowest BCUT2D eigenvalue weighted by Crippen LogP contribution is -2.41. The third-order valence-corrected chi connectivity index (χ3v) is 9.90. The lowest BCUT2D eigenvalue weighted by Gasteiger charge is -2.36. The first kappa shape index (κ1) is 20.5. The molecule has 1 heterocycles. The standard InChI is InChI=1S/C19H28FN5O2Si/c1-19(2,3)28(4,5)27-12-13-8-14-10-15(11-17(20)16(14)9-13)26-7-6-25-23-18(21)22-24-25/h8,10-11H,6-7,9,12H2,1-5H3,(H2,21,23). The number of benzene rings is 1. The Morgan fingerprint density at radius 3 is 2.68 bits per heavy atom. The molecule has 0 aliphatic heterocycles. The van der Waals surface area contributed by atoms with Gasteiger partial charge in [-0.15, -0.1) is 5.10 Å². The molecular weight excluding hydrogens is 377 g/mol. The van der Waals surface area contributed by atoms with Crippen molar-refractivity contribution >= 4 is 20.3 Å². The van der Waals surface area contributed by atoms with Crippen molar-refractivity contribution in [3.05, 3.63) is 34.6 Å². The van der Waals surface area contributed by atoms with E-state index in [4.69, 9.17) is 14.9 Å². The minimum atomic E-state index is -1.84. The maximum absolute atomic E-state index is 14.5. The fourth-order valence-corrected chi connectivity index (χ4v) is 3.69. The van der Waals surface area contributed by atoms with Crippen LogP contribution in [-0.2, 0) is 17.4 Å². The lowest BCUT2D eigenvalue weighted by molar-refractivity contribution is 0.279. The molecule has 28 heavy (non-hydrogen) atoms. The zero-order valence-electron chi connectivity index (χ0n) is 17.1. The molecule has 3 rings (SSSR count). The quantitative estimate of drug-likeness (QED) is 0.710. The molecule has 2 aromatic rings. The Balaban J connectivity index is 1.62. The predicted molar refractivity (Wildman–Crippen MR) is 109 cm³/mol. The number of rotatable bonds is 7. The zero-order chi connectivity index (χ0) is 20.5. The van der Waals surface area contributed by atoms with E-state index in [0.29, 0.717) is 37.5 Å². The predicted octanol–water partition coefficient (Wildman–Crippen LogP) is 3.43. The average molecular weight is 406 g/mol. The van der Waals surface area contributed by atoms with Gasteiger partial charge in [-0.1, -0.05) is 31.9 Å². The van der Waals surface area contributed by atoms with E-state index in [1.54, 1.807) is 0 Å². The SMILES string of the molecule is CC(C)(C)[Si](C)(C)OCC1=Cc2cc(OCCn3nnc(N)n3)cc(F)c2C1. The van der Waals surface area contributed by atoms with Gasteiger partial charge in [-0.2, -0.15) is 4.80 Å². The van der Waals surface area contributed by atoms with Gasteiger partial charge in [-0.3, -0.25) is 0 Å². The van der Waals surface area contributed by atoms with Crippen LogP contribution in [0.2, 0.25) is 18.1 Å². The first-order chi connectivity index (χ1) is 13.0. The first-order valence-electron chi connectivity index (χ1n) is 9.37. The van der Waals surface area contributed by atoms with Crippen LogP contribution in [0.25, 0.3) is 6.08 Å². The zero-order valence-corrected chi connectivity index (χ0v) is 18.1. The van der Waals surface area contributed by atoms with Crippen LogP contribution in [-0.4, -0.2) is 41.7 Å². The van der Waals surface area contributed by atoms with Crippen LogP contribution in [0.5, 0.6) is 5.75 Å². The van der Waals surface area contributed by atoms with E-state index >= 15 is 0 Å². The second-order valence-electron chi connectivity index (χ2n) is 8.59. The van der Waals surface area contributed by atoms with Gasteiger partial charge in [-0.25, -0.2) is 4.39 Å². The van der Waals surface area contributed by atoms with Gasteiger partial charge in [0, 0.05) is 6.07 Å². The molecule has 1 aromatic carbocycles. The molecule has 0 atom stereocenters. The molecule has 1 aliphatic rings. The molecule has 0 bridgehead atoms. The van der Waals surface area contributed by atoms with Gasteiger partial charge in [-0.05, 0) is 52.5 Å². The van der Waals surface area contributed by atoms with Gasteiger partial charge in [0.1, 0.15) is 18.2 Å². The van der Waals surface area contributed by atoms with E-state index in [9.17, 15) is 4.39 Å². The first-order valence-corrected chi connectivity index (χ1v) is 12.3. The Labute approximate surface area is 165 Å². The minimum Gasteiger partial charge on any atom is -0.491 e. The van der Waals surface area contributed by atoms with Gasteiger partial charge in [0.15, 0.2) is 8.32 Å². The number of ether oxygens (including phenoxy) is 1. The third kappa shape index (κ3) is 4.58. The van der Waals surface area contributed by atoms with Gasteiger partial charge in [0.2, 0.25) is 0 Å². The lowest BCUT2D eigenvalue weighted by atomic mass is 10.1. The molecule has 0 radical (unpaired) electrons. The van der Waals surface area contributed by atoms with E-state index in [1.807, 2.05) is 12.1 Å². The second-order valence-corrected chi connectivity index (χ2v) is 13.4. The van der Waals surface area contributed by atoms with Crippen LogP contribution in [0, 0.1) is 5.82 Å². The summed E-state index contributed by atoms with van der Waals surface area (Å²) in [5, 5.41) is 11.4. The minimum absolute atomic E-state index is 0.112. The van der Waals surface area contributed by atoms with Gasteiger partial charge >= 0.3 is 0 Å². The molecule has 2 N–H and O–H groups in total. The van der Waals surface area contributed by atoms with Crippen LogP contribution >= 0.6 is 0 Å². The average Bonchev–Trinajstić information content (AvgIpc) is 3.18. The normalized spacial score (nSPS) is 14.1. The smallest absolute Gasteiger partial charge is 0.260 e. The summed E-state index contributed by atoms with van der Waals surface area (Å²) in [6.07, 6.45) is 2.59. The van der Waals surface area contributed by atoms with E-state index in [0.717, 1.165) is 11.1 Å². The van der Waals surface area contributed by atoms with Gasteiger partial charge in [0.05, 0.1) is 13.2 Å². The summed E-state index contributed by atoms with van der Waals surface area (Å²) in [5.74, 6) is 0.336. The van der Waals surface area contributed by atoms with E-state index in [2.05, 4.69) is 49.3 Å². The molecule has 1 aromatic heterocycles. The summed E-state index contributed by atoms with van der Waals surface area (Å²) < 4.78 is 26.5. The van der Waals surface area contributed by atoms with Crippen molar-refractivity contribution in [3.8, 4) is 5.75 Å². The summed E-state index contributed by atoms with van der Waals surface area (Å²) in [4.78, 5) is 1.34. The van der Waals surface area contributed by atoms with E-state index in [-0.39, 0.29) is 16.8 Å². The van der Waals surface area contributed by atoms with Crippen LogP contribution in [0.4, 0.5) is 10.3 Å². The van der Waals surface area contributed by atoms with Gasteiger partial charge in [0.25, 0.3) is 5.95 Å². The highest BCUT2D eigenvalue weighted by Gasteiger charge is 2.37. The maximum atomic E-state index is 14.5. The van der Waals surface area contributed by atoms with Crippen molar-refractivity contribution in [2.45, 2.75) is 51.9 Å². The summed E-state index contributed by atoms with van der Waals surface area (Å²) in [6.45, 7) is 12.3. The van der Waals surface area contributed by atoms with Gasteiger partial charge < -0.3 is 14.9 Å². The van der Waals surface area contributed by atoms with Crippen molar-refractivity contribution in [3.63, 3.8) is 0 Å².